The quantitative estimate of drug-likeness (QED) is 0.677. The van der Waals surface area contributed by atoms with Crippen LogP contribution >= 0.6 is 0 Å². The molecular formula is C15H24FNO2. The van der Waals surface area contributed by atoms with Crippen molar-refractivity contribution in [2.45, 2.75) is 38.6 Å². The zero-order valence-electron chi connectivity index (χ0n) is 11.8. The normalized spacial score (nSPS) is 14.1. The first-order valence-electron chi connectivity index (χ1n) is 6.84. The van der Waals surface area contributed by atoms with Crippen LogP contribution in [-0.4, -0.2) is 30.4 Å². The molecule has 3 nitrogen and oxygen atoms in total. The molecule has 0 aliphatic heterocycles. The van der Waals surface area contributed by atoms with Crippen LogP contribution in [0.25, 0.3) is 0 Å². The summed E-state index contributed by atoms with van der Waals surface area (Å²) in [5.74, 6) is -0.0498. The van der Waals surface area contributed by atoms with Crippen molar-refractivity contribution >= 4 is 0 Å². The Morgan fingerprint density at radius 1 is 1.37 bits per heavy atom. The molecule has 1 unspecified atom stereocenters. The zero-order chi connectivity index (χ0) is 14.1. The topological polar surface area (TPSA) is 41.5 Å². The van der Waals surface area contributed by atoms with Crippen molar-refractivity contribution in [1.82, 2.24) is 5.32 Å². The average molecular weight is 269 g/mol. The van der Waals surface area contributed by atoms with Crippen molar-refractivity contribution in [2.75, 3.05) is 19.8 Å². The third-order valence-corrected chi connectivity index (χ3v) is 3.12. The molecule has 0 bridgehead atoms. The smallest absolute Gasteiger partial charge is 0.165 e. The Kier molecular flexibility index (Phi) is 6.81. The highest BCUT2D eigenvalue weighted by molar-refractivity contribution is 5.23. The van der Waals surface area contributed by atoms with Crippen LogP contribution in [0.1, 0.15) is 33.1 Å². The second kappa shape index (κ2) is 8.12. The predicted molar refractivity (Wildman–Crippen MR) is 74.9 cm³/mol. The predicted octanol–water partition coefficient (Wildman–Crippen LogP) is 2.74. The van der Waals surface area contributed by atoms with Crippen LogP contribution in [0.2, 0.25) is 0 Å². The van der Waals surface area contributed by atoms with Gasteiger partial charge < -0.3 is 15.2 Å². The van der Waals surface area contributed by atoms with Gasteiger partial charge in [0.2, 0.25) is 0 Å². The van der Waals surface area contributed by atoms with E-state index in [1.165, 1.54) is 6.07 Å². The van der Waals surface area contributed by atoms with Gasteiger partial charge in [-0.2, -0.15) is 0 Å². The Bertz CT molecular complexity index is 373. The van der Waals surface area contributed by atoms with Gasteiger partial charge in [-0.05, 0) is 44.9 Å². The lowest BCUT2D eigenvalue weighted by Crippen LogP contribution is -2.46. The molecule has 0 amide bonds. The van der Waals surface area contributed by atoms with E-state index in [9.17, 15) is 9.50 Å². The minimum atomic E-state index is -0.337. The summed E-state index contributed by atoms with van der Waals surface area (Å²) in [4.78, 5) is 0. The molecule has 0 aromatic heterocycles. The molecular weight excluding hydrogens is 245 g/mol. The molecule has 0 aliphatic rings. The number of benzene rings is 1. The van der Waals surface area contributed by atoms with Gasteiger partial charge in [0.15, 0.2) is 11.6 Å². The number of aliphatic hydroxyl groups excluding tert-OH is 1. The number of aliphatic hydroxyl groups is 1. The summed E-state index contributed by atoms with van der Waals surface area (Å²) in [6.45, 7) is 5.50. The molecule has 2 N–H and O–H groups in total. The Morgan fingerprint density at radius 2 is 2.11 bits per heavy atom. The Morgan fingerprint density at radius 3 is 2.74 bits per heavy atom. The van der Waals surface area contributed by atoms with Crippen LogP contribution in [-0.2, 0) is 0 Å². The molecule has 1 atom stereocenters. The summed E-state index contributed by atoms with van der Waals surface area (Å²) in [6.07, 6.45) is 2.58. The van der Waals surface area contributed by atoms with Gasteiger partial charge in [-0.15, -0.1) is 0 Å². The lowest BCUT2D eigenvalue weighted by molar-refractivity contribution is 0.155. The minimum Gasteiger partial charge on any atom is -0.491 e. The van der Waals surface area contributed by atoms with Crippen molar-refractivity contribution in [2.24, 2.45) is 0 Å². The highest BCUT2D eigenvalue weighted by atomic mass is 19.1. The molecule has 4 heteroatoms. The van der Waals surface area contributed by atoms with Crippen molar-refractivity contribution in [1.29, 1.82) is 0 Å². The Hall–Kier alpha value is -1.13. The van der Waals surface area contributed by atoms with Crippen LogP contribution in [0.4, 0.5) is 4.39 Å². The SMILES string of the molecule is CCCNC(C)(CO)CCCOc1ccccc1F. The maximum atomic E-state index is 13.3. The highest BCUT2D eigenvalue weighted by Crippen LogP contribution is 2.17. The van der Waals surface area contributed by atoms with Crippen molar-refractivity contribution in [3.63, 3.8) is 0 Å². The fourth-order valence-corrected chi connectivity index (χ4v) is 1.86. The minimum absolute atomic E-state index is 0.0900. The number of ether oxygens (including phenoxy) is 1. The van der Waals surface area contributed by atoms with Gasteiger partial charge in [0.1, 0.15) is 0 Å². The lowest BCUT2D eigenvalue weighted by Gasteiger charge is -2.28. The summed E-state index contributed by atoms with van der Waals surface area (Å²) < 4.78 is 18.7. The summed E-state index contributed by atoms with van der Waals surface area (Å²) in [5.41, 5.74) is -0.283. The summed E-state index contributed by atoms with van der Waals surface area (Å²) in [6, 6.07) is 6.39. The van der Waals surface area contributed by atoms with Crippen LogP contribution in [0.3, 0.4) is 0 Å². The van der Waals surface area contributed by atoms with E-state index in [1.54, 1.807) is 18.2 Å². The number of nitrogens with one attached hydrogen (secondary N) is 1. The maximum Gasteiger partial charge on any atom is 0.165 e. The zero-order valence-corrected chi connectivity index (χ0v) is 11.8. The highest BCUT2D eigenvalue weighted by Gasteiger charge is 2.21. The van der Waals surface area contributed by atoms with Gasteiger partial charge in [-0.1, -0.05) is 19.1 Å². The van der Waals surface area contributed by atoms with E-state index in [0.717, 1.165) is 25.8 Å². The molecule has 0 spiro atoms. The standard InChI is InChI=1S/C15H24FNO2/c1-3-10-17-15(2,12-18)9-6-11-19-14-8-5-4-7-13(14)16/h4-5,7-8,17-18H,3,6,9-12H2,1-2H3. The molecule has 0 fully saturated rings. The van der Waals surface area contributed by atoms with E-state index in [0.29, 0.717) is 6.61 Å². The van der Waals surface area contributed by atoms with E-state index in [-0.39, 0.29) is 23.7 Å². The van der Waals surface area contributed by atoms with E-state index in [4.69, 9.17) is 4.74 Å². The largest absolute Gasteiger partial charge is 0.491 e. The van der Waals surface area contributed by atoms with Gasteiger partial charge in [0.05, 0.1) is 13.2 Å². The first-order valence-corrected chi connectivity index (χ1v) is 6.84. The van der Waals surface area contributed by atoms with Crippen LogP contribution in [0, 0.1) is 5.82 Å². The van der Waals surface area contributed by atoms with E-state index in [2.05, 4.69) is 12.2 Å². The van der Waals surface area contributed by atoms with Crippen molar-refractivity contribution < 1.29 is 14.2 Å². The fraction of sp³-hybridized carbons (Fsp3) is 0.600. The van der Waals surface area contributed by atoms with Gasteiger partial charge in [-0.25, -0.2) is 4.39 Å². The van der Waals surface area contributed by atoms with E-state index < -0.39 is 0 Å². The van der Waals surface area contributed by atoms with E-state index in [1.807, 2.05) is 6.92 Å². The molecule has 19 heavy (non-hydrogen) atoms. The molecule has 0 heterocycles. The molecule has 1 aromatic rings. The molecule has 0 saturated carbocycles. The first kappa shape index (κ1) is 15.9. The third kappa shape index (κ3) is 5.57. The lowest BCUT2D eigenvalue weighted by atomic mass is 9.97. The summed E-state index contributed by atoms with van der Waals surface area (Å²) >= 11 is 0. The Labute approximate surface area is 114 Å². The van der Waals surface area contributed by atoms with E-state index >= 15 is 0 Å². The van der Waals surface area contributed by atoms with Gasteiger partial charge >= 0.3 is 0 Å². The van der Waals surface area contributed by atoms with Gasteiger partial charge in [-0.3, -0.25) is 0 Å². The summed E-state index contributed by atoms with van der Waals surface area (Å²) in [7, 11) is 0. The molecule has 1 rings (SSSR count). The van der Waals surface area contributed by atoms with Crippen LogP contribution in [0.15, 0.2) is 24.3 Å². The maximum absolute atomic E-state index is 13.3. The van der Waals surface area contributed by atoms with Gasteiger partial charge in [0, 0.05) is 5.54 Å². The monoisotopic (exact) mass is 269 g/mol. The first-order chi connectivity index (χ1) is 9.11. The van der Waals surface area contributed by atoms with Gasteiger partial charge in [0.25, 0.3) is 0 Å². The molecule has 0 saturated heterocycles. The molecule has 1 aromatic carbocycles. The van der Waals surface area contributed by atoms with Crippen LogP contribution < -0.4 is 10.1 Å². The average Bonchev–Trinajstić information content (AvgIpc) is 2.43. The third-order valence-electron chi connectivity index (χ3n) is 3.12. The number of rotatable bonds is 9. The van der Waals surface area contributed by atoms with Crippen molar-refractivity contribution in [3.05, 3.63) is 30.1 Å². The Balaban J connectivity index is 2.31. The molecule has 0 aliphatic carbocycles. The number of hydrogen-bond donors (Lipinski definition) is 2. The number of halogens is 1. The molecule has 108 valence electrons. The fourth-order valence-electron chi connectivity index (χ4n) is 1.86. The van der Waals surface area contributed by atoms with Crippen LogP contribution in [0.5, 0.6) is 5.75 Å². The molecule has 0 radical (unpaired) electrons. The second-order valence-electron chi connectivity index (χ2n) is 5.03. The second-order valence-corrected chi connectivity index (χ2v) is 5.03. The number of para-hydroxylation sites is 1. The van der Waals surface area contributed by atoms with Crippen molar-refractivity contribution in [3.8, 4) is 5.75 Å². The number of hydrogen-bond acceptors (Lipinski definition) is 3. The summed E-state index contributed by atoms with van der Waals surface area (Å²) in [5, 5.41) is 12.7.